The van der Waals surface area contributed by atoms with Crippen LogP contribution < -0.4 is 5.32 Å². The van der Waals surface area contributed by atoms with Crippen LogP contribution in [0.15, 0.2) is 40.9 Å². The minimum absolute atomic E-state index is 0.00163. The molecule has 0 saturated heterocycles. The predicted molar refractivity (Wildman–Crippen MR) is 85.4 cm³/mol. The maximum Gasteiger partial charge on any atom is 0.137 e. The Morgan fingerprint density at radius 1 is 1.14 bits per heavy atom. The molecule has 1 N–H and O–H groups in total. The lowest BCUT2D eigenvalue weighted by Gasteiger charge is -2.19. The zero-order valence-corrected chi connectivity index (χ0v) is 13.7. The first-order valence-corrected chi connectivity index (χ1v) is 7.73. The largest absolute Gasteiger partial charge is 0.310 e. The summed E-state index contributed by atoms with van der Waals surface area (Å²) in [5, 5.41) is 3.36. The molecule has 0 aliphatic heterocycles. The van der Waals surface area contributed by atoms with E-state index in [9.17, 15) is 8.78 Å². The molecular formula is C17H18BrF2N. The molecule has 0 aromatic heterocycles. The highest BCUT2D eigenvalue weighted by Crippen LogP contribution is 2.24. The molecule has 0 fully saturated rings. The lowest BCUT2D eigenvalue weighted by molar-refractivity contribution is 0.541. The van der Waals surface area contributed by atoms with Crippen LogP contribution >= 0.6 is 15.9 Å². The molecule has 1 unspecified atom stereocenters. The average Bonchev–Trinajstić information content (AvgIpc) is 2.41. The molecular weight excluding hydrogens is 336 g/mol. The molecule has 0 bridgehead atoms. The van der Waals surface area contributed by atoms with E-state index in [4.69, 9.17) is 0 Å². The van der Waals surface area contributed by atoms with Crippen molar-refractivity contribution in [1.82, 2.24) is 5.32 Å². The Morgan fingerprint density at radius 3 is 2.52 bits per heavy atom. The number of nitrogens with one attached hydrogen (secondary N) is 1. The first kappa shape index (κ1) is 16.1. The van der Waals surface area contributed by atoms with Gasteiger partial charge in [0.05, 0.1) is 4.47 Å². The Kier molecular flexibility index (Phi) is 5.48. The molecule has 0 spiro atoms. The highest BCUT2D eigenvalue weighted by Gasteiger charge is 2.13. The van der Waals surface area contributed by atoms with Crippen molar-refractivity contribution in [2.45, 2.75) is 26.3 Å². The Hall–Kier alpha value is -1.26. The SMILES string of the molecule is CCNC(Cc1ccc(F)c(Br)c1)c1cc(C)cc(F)c1. The Morgan fingerprint density at radius 2 is 1.90 bits per heavy atom. The van der Waals surface area contributed by atoms with Crippen LogP contribution in [-0.4, -0.2) is 6.54 Å². The Labute approximate surface area is 132 Å². The molecule has 4 heteroatoms. The van der Waals surface area contributed by atoms with E-state index >= 15 is 0 Å². The van der Waals surface area contributed by atoms with Crippen LogP contribution in [0.4, 0.5) is 8.78 Å². The van der Waals surface area contributed by atoms with Gasteiger partial charge in [-0.1, -0.05) is 19.1 Å². The summed E-state index contributed by atoms with van der Waals surface area (Å²) in [5.41, 5.74) is 2.80. The molecule has 1 atom stereocenters. The molecule has 0 saturated carbocycles. The fraction of sp³-hybridized carbons (Fsp3) is 0.294. The van der Waals surface area contributed by atoms with Crippen molar-refractivity contribution in [3.63, 3.8) is 0 Å². The third-order valence-electron chi connectivity index (χ3n) is 3.34. The van der Waals surface area contributed by atoms with Gasteiger partial charge < -0.3 is 5.32 Å². The molecule has 0 aliphatic rings. The third kappa shape index (κ3) is 4.35. The zero-order chi connectivity index (χ0) is 15.4. The number of halogens is 3. The van der Waals surface area contributed by atoms with Gasteiger partial charge in [0.25, 0.3) is 0 Å². The summed E-state index contributed by atoms with van der Waals surface area (Å²) < 4.78 is 27.4. The summed E-state index contributed by atoms with van der Waals surface area (Å²) in [7, 11) is 0. The zero-order valence-electron chi connectivity index (χ0n) is 12.1. The van der Waals surface area contributed by atoms with E-state index in [0.29, 0.717) is 10.9 Å². The van der Waals surface area contributed by atoms with E-state index in [1.165, 1.54) is 12.1 Å². The number of hydrogen-bond donors (Lipinski definition) is 1. The van der Waals surface area contributed by atoms with Gasteiger partial charge in [-0.05, 0) is 76.8 Å². The van der Waals surface area contributed by atoms with E-state index in [-0.39, 0.29) is 17.7 Å². The highest BCUT2D eigenvalue weighted by atomic mass is 79.9. The van der Waals surface area contributed by atoms with Crippen LogP contribution in [0.2, 0.25) is 0 Å². The van der Waals surface area contributed by atoms with Gasteiger partial charge >= 0.3 is 0 Å². The molecule has 0 heterocycles. The quantitative estimate of drug-likeness (QED) is 0.803. The van der Waals surface area contributed by atoms with Crippen molar-refractivity contribution >= 4 is 15.9 Å². The number of benzene rings is 2. The highest BCUT2D eigenvalue weighted by molar-refractivity contribution is 9.10. The number of aryl methyl sites for hydroxylation is 1. The fourth-order valence-corrected chi connectivity index (χ4v) is 2.85. The standard InChI is InChI=1S/C17H18BrF2N/c1-3-21-17(13-6-11(2)7-14(19)10-13)9-12-4-5-16(20)15(18)8-12/h4-8,10,17,21H,3,9H2,1-2H3. The van der Waals surface area contributed by atoms with Gasteiger partial charge in [0.15, 0.2) is 0 Å². The van der Waals surface area contributed by atoms with Crippen molar-refractivity contribution in [3.8, 4) is 0 Å². The van der Waals surface area contributed by atoms with Gasteiger partial charge in [0.2, 0.25) is 0 Å². The molecule has 2 rings (SSSR count). The van der Waals surface area contributed by atoms with Gasteiger partial charge in [-0.2, -0.15) is 0 Å². The minimum atomic E-state index is -0.277. The average molecular weight is 354 g/mol. The monoisotopic (exact) mass is 353 g/mol. The molecule has 2 aromatic rings. The van der Waals surface area contributed by atoms with E-state index in [2.05, 4.69) is 21.2 Å². The molecule has 0 aliphatic carbocycles. The van der Waals surface area contributed by atoms with Gasteiger partial charge in [0, 0.05) is 6.04 Å². The molecule has 0 radical (unpaired) electrons. The second kappa shape index (κ2) is 7.14. The van der Waals surface area contributed by atoms with E-state index < -0.39 is 0 Å². The van der Waals surface area contributed by atoms with Gasteiger partial charge in [-0.3, -0.25) is 0 Å². The first-order valence-electron chi connectivity index (χ1n) is 6.94. The van der Waals surface area contributed by atoms with E-state index in [1.807, 2.05) is 19.9 Å². The number of rotatable bonds is 5. The van der Waals surface area contributed by atoms with Gasteiger partial charge in [0.1, 0.15) is 11.6 Å². The predicted octanol–water partition coefficient (Wildman–Crippen LogP) is 4.93. The Balaban J connectivity index is 2.27. The molecule has 21 heavy (non-hydrogen) atoms. The lowest BCUT2D eigenvalue weighted by atomic mass is 9.97. The Bertz CT molecular complexity index is 608. The number of hydrogen-bond acceptors (Lipinski definition) is 1. The van der Waals surface area contributed by atoms with Crippen LogP contribution in [-0.2, 0) is 6.42 Å². The fourth-order valence-electron chi connectivity index (χ4n) is 2.42. The normalized spacial score (nSPS) is 12.4. The second-order valence-electron chi connectivity index (χ2n) is 5.12. The van der Waals surface area contributed by atoms with Crippen LogP contribution in [0.1, 0.15) is 29.7 Å². The van der Waals surface area contributed by atoms with Crippen LogP contribution in [0, 0.1) is 18.6 Å². The van der Waals surface area contributed by atoms with Crippen molar-refractivity contribution in [2.75, 3.05) is 6.54 Å². The van der Waals surface area contributed by atoms with Gasteiger partial charge in [-0.25, -0.2) is 8.78 Å². The summed E-state index contributed by atoms with van der Waals surface area (Å²) in [4.78, 5) is 0. The summed E-state index contributed by atoms with van der Waals surface area (Å²) in [6.45, 7) is 4.67. The van der Waals surface area contributed by atoms with Crippen molar-refractivity contribution in [3.05, 3.63) is 69.2 Å². The summed E-state index contributed by atoms with van der Waals surface area (Å²) >= 11 is 3.20. The van der Waals surface area contributed by atoms with Crippen molar-refractivity contribution in [1.29, 1.82) is 0 Å². The topological polar surface area (TPSA) is 12.0 Å². The minimum Gasteiger partial charge on any atom is -0.310 e. The van der Waals surface area contributed by atoms with E-state index in [0.717, 1.165) is 23.2 Å². The molecule has 1 nitrogen and oxygen atoms in total. The van der Waals surface area contributed by atoms with Crippen LogP contribution in [0.5, 0.6) is 0 Å². The van der Waals surface area contributed by atoms with Crippen molar-refractivity contribution < 1.29 is 8.78 Å². The molecule has 0 amide bonds. The number of likely N-dealkylation sites (N-methyl/N-ethyl adjacent to an activating group) is 1. The van der Waals surface area contributed by atoms with Gasteiger partial charge in [-0.15, -0.1) is 0 Å². The molecule has 2 aromatic carbocycles. The second-order valence-corrected chi connectivity index (χ2v) is 5.98. The van der Waals surface area contributed by atoms with Crippen LogP contribution in [0.3, 0.4) is 0 Å². The maximum absolute atomic E-state index is 13.6. The first-order chi connectivity index (χ1) is 9.99. The van der Waals surface area contributed by atoms with Crippen LogP contribution in [0.25, 0.3) is 0 Å². The maximum atomic E-state index is 13.6. The summed E-state index contributed by atoms with van der Waals surface area (Å²) in [5.74, 6) is -0.506. The summed E-state index contributed by atoms with van der Waals surface area (Å²) in [6, 6.07) is 10.0. The summed E-state index contributed by atoms with van der Waals surface area (Å²) in [6.07, 6.45) is 0.676. The third-order valence-corrected chi connectivity index (χ3v) is 3.95. The van der Waals surface area contributed by atoms with E-state index in [1.54, 1.807) is 18.2 Å². The van der Waals surface area contributed by atoms with Crippen molar-refractivity contribution in [2.24, 2.45) is 0 Å². The molecule has 112 valence electrons. The lowest BCUT2D eigenvalue weighted by Crippen LogP contribution is -2.23. The smallest absolute Gasteiger partial charge is 0.137 e.